The Morgan fingerprint density at radius 1 is 0.140 bits per heavy atom. The maximum absolute atomic E-state index is 10.5. The summed E-state index contributed by atoms with van der Waals surface area (Å²) in [7, 11) is 0. The molecule has 14 N–H and O–H groups in total. The summed E-state index contributed by atoms with van der Waals surface area (Å²) in [4.78, 5) is 146. The smallest absolute Gasteiger partial charge is 0.548 e. The molecule has 58 heteroatoms. The first kappa shape index (κ1) is 130. The molecule has 42 nitrogen and oxygen atoms in total. The average Bonchev–Trinajstić information content (AvgIpc) is 0.978. The summed E-state index contributed by atoms with van der Waals surface area (Å²) < 4.78 is 0. The van der Waals surface area contributed by atoms with E-state index in [-0.39, 0.29) is 213 Å². The summed E-state index contributed by atoms with van der Waals surface area (Å²) in [5.41, 5.74) is 0. The molecule has 0 amide bonds. The molecule has 0 fully saturated rings. The van der Waals surface area contributed by atoms with Crippen molar-refractivity contribution in [1.82, 2.24) is 74.4 Å². The largest absolute Gasteiger partial charge is 7.00 e. The van der Waals surface area contributed by atoms with Crippen molar-refractivity contribution in [2.75, 3.05) is 172 Å². The van der Waals surface area contributed by atoms with E-state index in [1.54, 1.807) is 0 Å². The van der Waals surface area contributed by atoms with Crippen LogP contribution in [0.4, 0.5) is 0 Å². The summed E-state index contributed by atoms with van der Waals surface area (Å²) in [5.74, 6) is -15.8. The molecule has 0 aromatic carbocycles. The van der Waals surface area contributed by atoms with Crippen LogP contribution in [-0.4, -0.2) is 340 Å². The van der Waals surface area contributed by atoms with E-state index < -0.39 is 168 Å². The number of nitrogens with one attached hydrogen (secondary N) is 14. The number of carbonyl (C=O) groups is 14. The first-order valence-electron chi connectivity index (χ1n) is 32.4. The second-order valence-electron chi connectivity index (χ2n) is 21.1. The maximum atomic E-state index is 10.5. The van der Waals surface area contributed by atoms with Crippen molar-refractivity contribution < 1.29 is 179 Å². The second-order valence-corrected chi connectivity index (χ2v) is 26.2. The van der Waals surface area contributed by atoms with Gasteiger partial charge in [-0.15, -0.1) is 0 Å². The third kappa shape index (κ3) is 76.4. The van der Waals surface area contributed by atoms with Gasteiger partial charge in [0.25, 0.3) is 0 Å². The van der Waals surface area contributed by atoms with Crippen LogP contribution < -0.4 is 146 Å². The van der Waals surface area contributed by atoms with Gasteiger partial charge in [-0.05, 0) is 0 Å². The molecule has 0 unspecified atom stereocenters. The molecule has 0 radical (unpaired) electrons. The van der Waals surface area contributed by atoms with Crippen molar-refractivity contribution in [2.45, 2.75) is 84.6 Å². The van der Waals surface area contributed by atoms with Crippen LogP contribution in [0.25, 0.3) is 0 Å². The van der Waals surface area contributed by atoms with E-state index >= 15 is 0 Å². The molecule has 0 aliphatic carbocycles. The number of carboxylic acids is 14. The van der Waals surface area contributed by atoms with E-state index in [0.29, 0.717) is 0 Å². The fourth-order valence-corrected chi connectivity index (χ4v) is 10.5. The van der Waals surface area contributed by atoms with Crippen LogP contribution >= 0.6 is 177 Å². The fraction of sp³-hybridized carbons (Fsp3) is 0.750. The summed E-state index contributed by atoms with van der Waals surface area (Å²) in [6.45, 7) is 4.04. The molecular weight excluding hydrogens is 2140 g/mol. The Bertz CT molecular complexity index is 2000. The number of thiol groups is 14. The first-order chi connectivity index (χ1) is 52.7. The number of aliphatic carboxylic acids is 14. The molecule has 0 saturated carbocycles. The molecule has 0 saturated heterocycles. The first-order valence-corrected chi connectivity index (χ1v) is 41.2. The van der Waals surface area contributed by atoms with Crippen LogP contribution in [0.3, 0.4) is 0 Å². The molecule has 0 aromatic rings. The maximum Gasteiger partial charge on any atom is 7.00 e. The standard InChI is InChI=1S/7C8H16N2O4S2.2Re/c7*11-7(12)5(3-15)9-1-2-10-6(4-16)8(13)14;;/h7*5-6,9-10,15-16H,1-4H2,(H,11,12)(H,13,14);;/q;;;;;;;2*+7/p-14/t7*5-,6-;;/m0000000../s1. The molecule has 0 aliphatic heterocycles. The predicted octanol–water partition coefficient (Wildman–Crippen LogP) is -26.2. The topological polar surface area (TPSA) is 730 Å². The second kappa shape index (κ2) is 87.6. The zero-order chi connectivity index (χ0) is 87.9. The van der Waals surface area contributed by atoms with Crippen molar-refractivity contribution in [3.8, 4) is 0 Å². The fourth-order valence-electron chi connectivity index (χ4n) is 6.56. The van der Waals surface area contributed by atoms with Gasteiger partial charge in [0.2, 0.25) is 0 Å². The van der Waals surface area contributed by atoms with Crippen LogP contribution in [0.15, 0.2) is 0 Å². The molecule has 14 atom stereocenters. The number of hydrogen-bond donors (Lipinski definition) is 28. The number of rotatable bonds is 63. The van der Waals surface area contributed by atoms with Gasteiger partial charge in [0.15, 0.2) is 0 Å². The monoisotopic (exact) mass is 2240 g/mol. The minimum absolute atomic E-state index is 0. The molecule has 0 aromatic heterocycles. The molecule has 0 rings (SSSR count). The number of carboxylic acid groups (broad SMARTS) is 14. The van der Waals surface area contributed by atoms with E-state index in [9.17, 15) is 139 Å². The Balaban J connectivity index is -0.000000161. The third-order valence-electron chi connectivity index (χ3n) is 12.9. The van der Waals surface area contributed by atoms with Gasteiger partial charge in [0, 0.05) is 172 Å². The van der Waals surface area contributed by atoms with Gasteiger partial charge >= 0.3 is 40.8 Å². The quantitative estimate of drug-likeness (QED) is 0.0199. The van der Waals surface area contributed by atoms with E-state index in [4.69, 9.17) is 0 Å². The summed E-state index contributed by atoms with van der Waals surface area (Å²) in [6.07, 6.45) is 0. The Labute approximate surface area is 764 Å². The average molecular weight is 2240 g/mol. The van der Waals surface area contributed by atoms with Crippen molar-refractivity contribution in [2.24, 2.45) is 0 Å². The van der Waals surface area contributed by atoms with Crippen LogP contribution in [0.1, 0.15) is 0 Å². The summed E-state index contributed by atoms with van der Waals surface area (Å²) in [6, 6.07) is -11.8. The van der Waals surface area contributed by atoms with E-state index in [0.717, 1.165) is 0 Å². The van der Waals surface area contributed by atoms with Crippen molar-refractivity contribution in [3.05, 3.63) is 0 Å². The Hall–Kier alpha value is -1.76. The van der Waals surface area contributed by atoms with Gasteiger partial charge in [-0.2, -0.15) is 177 Å². The summed E-state index contributed by atoms with van der Waals surface area (Å²) in [5, 5.41) is 184. The summed E-state index contributed by atoms with van der Waals surface area (Å²) >= 11 is 53.6. The molecule has 0 aliphatic rings. The van der Waals surface area contributed by atoms with E-state index in [2.05, 4.69) is 251 Å². The molecule has 114 heavy (non-hydrogen) atoms. The van der Waals surface area contributed by atoms with Crippen LogP contribution in [0.2, 0.25) is 0 Å². The van der Waals surface area contributed by atoms with Gasteiger partial charge < -0.3 is 213 Å². The Kier molecular flexibility index (Phi) is 100. The van der Waals surface area contributed by atoms with E-state index in [1.807, 2.05) is 0 Å². The van der Waals surface area contributed by atoms with Crippen LogP contribution in [-0.2, 0) is 108 Å². The normalized spacial score (nSPS) is 14.1. The van der Waals surface area contributed by atoms with Crippen LogP contribution in [0, 0.1) is 0 Å². The third-order valence-corrected chi connectivity index (χ3v) is 18.0. The Morgan fingerprint density at radius 3 is 0.211 bits per heavy atom. The molecule has 658 valence electrons. The zero-order valence-corrected chi connectivity index (χ0v) is 78.3. The number of hydrogen-bond acceptors (Lipinski definition) is 56. The Morgan fingerprint density at radius 2 is 0.184 bits per heavy atom. The van der Waals surface area contributed by atoms with Gasteiger partial charge in [-0.25, -0.2) is 0 Å². The molecule has 0 bridgehead atoms. The van der Waals surface area contributed by atoms with Crippen LogP contribution in [0.5, 0.6) is 0 Å². The predicted molar refractivity (Wildman–Crippen MR) is 429 cm³/mol. The van der Waals surface area contributed by atoms with Gasteiger partial charge in [-0.3, -0.25) is 0 Å². The number of carbonyl (C=O) groups excluding carboxylic acids is 14. The van der Waals surface area contributed by atoms with Crippen molar-refractivity contribution in [1.29, 1.82) is 0 Å². The van der Waals surface area contributed by atoms with Gasteiger partial charge in [0.05, 0.1) is 168 Å². The SMILES string of the molecule is O=C([O-])[C@H](CS)NCCN[C@@H](CS)C(=O)[O-].O=C([O-])[C@H](CS)NCCN[C@@H](CS)C(=O)[O-].O=C([O-])[C@H](CS)NCCN[C@@H](CS)C(=O)[O-].O=C([O-])[C@H](CS)NCCN[C@@H](CS)C(=O)[O-].O=C([O-])[C@H](CS)NCCN[C@@H](CS)C(=O)[O-].O=C([O-])[C@H](CS)NCCN[C@@H](CS)C(=O)[O-].O=C([O-])[C@H](CS)NCCN[C@@H](CS)C(=O)[O-].[Re+7].[Re+7]. The minimum Gasteiger partial charge on any atom is -0.548 e. The van der Waals surface area contributed by atoms with Crippen molar-refractivity contribution in [3.63, 3.8) is 0 Å². The zero-order valence-electron chi connectivity index (χ0n) is 60.3. The van der Waals surface area contributed by atoms with E-state index in [1.165, 1.54) is 0 Å². The molecule has 0 spiro atoms. The van der Waals surface area contributed by atoms with Gasteiger partial charge in [0.1, 0.15) is 0 Å². The minimum atomic E-state index is -1.24. The molecule has 0 heterocycles. The van der Waals surface area contributed by atoms with Gasteiger partial charge in [-0.1, -0.05) is 0 Å². The van der Waals surface area contributed by atoms with Crippen molar-refractivity contribution >= 4 is 260 Å². The molecular formula is C56H98N14O28Re2S14.